The van der Waals surface area contributed by atoms with Gasteiger partial charge in [-0.15, -0.1) is 0 Å². The summed E-state index contributed by atoms with van der Waals surface area (Å²) in [6, 6.07) is 11.4. The molecule has 0 amide bonds. The predicted molar refractivity (Wildman–Crippen MR) is 77.2 cm³/mol. The zero-order valence-electron chi connectivity index (χ0n) is 11.9. The summed E-state index contributed by atoms with van der Waals surface area (Å²) >= 11 is 0. The number of nitrogens with one attached hydrogen (secondary N) is 1. The molecular formula is C16H26N2. The molecule has 100 valence electrons. The third-order valence-corrected chi connectivity index (χ3v) is 4.34. The van der Waals surface area contributed by atoms with Gasteiger partial charge in [0.05, 0.1) is 6.04 Å². The fourth-order valence-corrected chi connectivity index (χ4v) is 3.09. The van der Waals surface area contributed by atoms with E-state index >= 15 is 0 Å². The Balaban J connectivity index is 2.12. The molecule has 1 aromatic rings. The van der Waals surface area contributed by atoms with E-state index in [1.165, 1.54) is 37.7 Å². The zero-order valence-corrected chi connectivity index (χ0v) is 11.9. The standard InChI is InChI=1S/C16H26N2/c1-4-6-12-16(5-2)13-15(18(3)17-16)14-10-8-7-9-11-14/h7-11,15,17H,4-6,12-13H2,1-3H3. The zero-order chi connectivity index (χ0) is 13.0. The van der Waals surface area contributed by atoms with Crippen molar-refractivity contribution in [3.05, 3.63) is 35.9 Å². The van der Waals surface area contributed by atoms with E-state index in [0.29, 0.717) is 11.6 Å². The minimum atomic E-state index is 0.311. The van der Waals surface area contributed by atoms with Gasteiger partial charge in [0.2, 0.25) is 0 Å². The van der Waals surface area contributed by atoms with Crippen molar-refractivity contribution in [1.82, 2.24) is 10.4 Å². The molecule has 2 nitrogen and oxygen atoms in total. The monoisotopic (exact) mass is 246 g/mol. The Morgan fingerprint density at radius 3 is 2.61 bits per heavy atom. The molecular weight excluding hydrogens is 220 g/mol. The van der Waals surface area contributed by atoms with Gasteiger partial charge in [-0.2, -0.15) is 0 Å². The van der Waals surface area contributed by atoms with Gasteiger partial charge >= 0.3 is 0 Å². The van der Waals surface area contributed by atoms with E-state index in [1.807, 2.05) is 0 Å². The molecule has 1 saturated heterocycles. The van der Waals surface area contributed by atoms with Crippen LogP contribution in [0.1, 0.15) is 57.6 Å². The molecule has 2 heteroatoms. The maximum atomic E-state index is 3.73. The van der Waals surface area contributed by atoms with Crippen molar-refractivity contribution < 1.29 is 0 Å². The van der Waals surface area contributed by atoms with E-state index in [2.05, 4.69) is 61.7 Å². The second-order valence-corrected chi connectivity index (χ2v) is 5.59. The number of hydrogen-bond acceptors (Lipinski definition) is 2. The molecule has 2 rings (SSSR count). The molecule has 18 heavy (non-hydrogen) atoms. The first-order valence-corrected chi connectivity index (χ1v) is 7.26. The first-order valence-electron chi connectivity index (χ1n) is 7.26. The van der Waals surface area contributed by atoms with Crippen molar-refractivity contribution in [2.24, 2.45) is 0 Å². The van der Waals surface area contributed by atoms with Crippen molar-refractivity contribution >= 4 is 0 Å². The molecule has 0 spiro atoms. The van der Waals surface area contributed by atoms with Crippen LogP contribution in [0, 0.1) is 0 Å². The summed E-state index contributed by atoms with van der Waals surface area (Å²) in [6.07, 6.45) is 6.32. The SMILES string of the molecule is CCCCC1(CC)CC(c2ccccc2)N(C)N1. The van der Waals surface area contributed by atoms with Crippen LogP contribution in [0.25, 0.3) is 0 Å². The van der Waals surface area contributed by atoms with Gasteiger partial charge < -0.3 is 0 Å². The fraction of sp³-hybridized carbons (Fsp3) is 0.625. The summed E-state index contributed by atoms with van der Waals surface area (Å²) in [7, 11) is 2.18. The average molecular weight is 246 g/mol. The summed E-state index contributed by atoms with van der Waals surface area (Å²) in [5.74, 6) is 0. The van der Waals surface area contributed by atoms with E-state index in [1.54, 1.807) is 0 Å². The van der Waals surface area contributed by atoms with Crippen LogP contribution in [-0.4, -0.2) is 17.6 Å². The first-order chi connectivity index (χ1) is 8.71. The number of unbranched alkanes of at least 4 members (excludes halogenated alkanes) is 1. The lowest BCUT2D eigenvalue weighted by atomic mass is 9.84. The molecule has 0 aliphatic carbocycles. The van der Waals surface area contributed by atoms with Crippen molar-refractivity contribution in [2.45, 2.75) is 57.5 Å². The lowest BCUT2D eigenvalue weighted by Crippen LogP contribution is -2.44. The Morgan fingerprint density at radius 2 is 2.00 bits per heavy atom. The van der Waals surface area contributed by atoms with Gasteiger partial charge in [-0.1, -0.05) is 57.0 Å². The van der Waals surface area contributed by atoms with Crippen LogP contribution in [-0.2, 0) is 0 Å². The Morgan fingerprint density at radius 1 is 1.28 bits per heavy atom. The smallest absolute Gasteiger partial charge is 0.0508 e. The van der Waals surface area contributed by atoms with Crippen LogP contribution < -0.4 is 5.43 Å². The molecule has 0 radical (unpaired) electrons. The third-order valence-electron chi connectivity index (χ3n) is 4.34. The predicted octanol–water partition coefficient (Wildman–Crippen LogP) is 3.91. The van der Waals surface area contributed by atoms with Gasteiger partial charge in [0.25, 0.3) is 0 Å². The number of hydrogen-bond donors (Lipinski definition) is 1. The lowest BCUT2D eigenvalue weighted by Gasteiger charge is -2.28. The first kappa shape index (κ1) is 13.6. The van der Waals surface area contributed by atoms with E-state index in [4.69, 9.17) is 0 Å². The molecule has 1 aromatic carbocycles. The molecule has 1 aliphatic heterocycles. The highest BCUT2D eigenvalue weighted by Crippen LogP contribution is 2.39. The van der Waals surface area contributed by atoms with Crippen LogP contribution >= 0.6 is 0 Å². The average Bonchev–Trinajstić information content (AvgIpc) is 2.75. The third kappa shape index (κ3) is 2.76. The normalized spacial score (nSPS) is 28.7. The number of rotatable bonds is 5. The Hall–Kier alpha value is -0.860. The number of benzene rings is 1. The van der Waals surface area contributed by atoms with Crippen molar-refractivity contribution in [3.8, 4) is 0 Å². The fourth-order valence-electron chi connectivity index (χ4n) is 3.09. The van der Waals surface area contributed by atoms with Gasteiger partial charge in [-0.05, 0) is 24.8 Å². The quantitative estimate of drug-likeness (QED) is 0.847. The van der Waals surface area contributed by atoms with Crippen molar-refractivity contribution in [2.75, 3.05) is 7.05 Å². The second kappa shape index (κ2) is 5.85. The molecule has 1 N–H and O–H groups in total. The summed E-state index contributed by atoms with van der Waals surface area (Å²) in [4.78, 5) is 0. The highest BCUT2D eigenvalue weighted by Gasteiger charge is 2.40. The molecule has 0 bridgehead atoms. The minimum absolute atomic E-state index is 0.311. The topological polar surface area (TPSA) is 15.3 Å². The minimum Gasteiger partial charge on any atom is -0.249 e. The lowest BCUT2D eigenvalue weighted by molar-refractivity contribution is 0.187. The highest BCUT2D eigenvalue weighted by molar-refractivity contribution is 5.21. The Bertz CT molecular complexity index is 363. The van der Waals surface area contributed by atoms with Gasteiger partial charge in [0, 0.05) is 12.6 Å². The van der Waals surface area contributed by atoms with Gasteiger partial charge in [0.15, 0.2) is 0 Å². The van der Waals surface area contributed by atoms with Gasteiger partial charge in [-0.25, -0.2) is 10.4 Å². The van der Waals surface area contributed by atoms with Crippen LogP contribution in [0.2, 0.25) is 0 Å². The van der Waals surface area contributed by atoms with E-state index in [-0.39, 0.29) is 0 Å². The summed E-state index contributed by atoms with van der Waals surface area (Å²) in [6.45, 7) is 4.58. The van der Waals surface area contributed by atoms with Gasteiger partial charge in [0.1, 0.15) is 0 Å². The molecule has 1 aliphatic rings. The number of nitrogens with zero attached hydrogens (tertiary/aromatic N) is 1. The maximum Gasteiger partial charge on any atom is 0.0508 e. The summed E-state index contributed by atoms with van der Waals surface area (Å²) in [5.41, 5.74) is 5.47. The number of hydrazine groups is 1. The van der Waals surface area contributed by atoms with Crippen LogP contribution in [0.15, 0.2) is 30.3 Å². The van der Waals surface area contributed by atoms with Crippen LogP contribution in [0.5, 0.6) is 0 Å². The Labute approximate surface area is 111 Å². The van der Waals surface area contributed by atoms with Crippen molar-refractivity contribution in [3.63, 3.8) is 0 Å². The molecule has 1 heterocycles. The highest BCUT2D eigenvalue weighted by atomic mass is 15.6. The Kier molecular flexibility index (Phi) is 4.41. The second-order valence-electron chi connectivity index (χ2n) is 5.59. The molecule has 0 aromatic heterocycles. The van der Waals surface area contributed by atoms with Gasteiger partial charge in [-0.3, -0.25) is 0 Å². The van der Waals surface area contributed by atoms with E-state index in [0.717, 1.165) is 0 Å². The molecule has 1 fully saturated rings. The molecule has 2 atom stereocenters. The molecule has 0 saturated carbocycles. The maximum absolute atomic E-state index is 3.73. The van der Waals surface area contributed by atoms with Crippen molar-refractivity contribution in [1.29, 1.82) is 0 Å². The van der Waals surface area contributed by atoms with Crippen LogP contribution in [0.3, 0.4) is 0 Å². The van der Waals surface area contributed by atoms with E-state index in [9.17, 15) is 0 Å². The summed E-state index contributed by atoms with van der Waals surface area (Å²) < 4.78 is 0. The van der Waals surface area contributed by atoms with Crippen LogP contribution in [0.4, 0.5) is 0 Å². The molecule has 2 unspecified atom stereocenters. The van der Waals surface area contributed by atoms with E-state index < -0.39 is 0 Å². The largest absolute Gasteiger partial charge is 0.249 e. The summed E-state index contributed by atoms with van der Waals surface area (Å²) in [5, 5.41) is 2.31.